The minimum atomic E-state index is -2.88. The summed E-state index contributed by atoms with van der Waals surface area (Å²) in [5.74, 6) is 1.41. The largest absolute Gasteiger partial charge is 0.454 e. The SMILES string of the molecule is FC(F)Oc1c(NC2CC2)cccc1-c1ccc2c(c1)OCO2. The van der Waals surface area contributed by atoms with E-state index in [9.17, 15) is 8.78 Å². The molecule has 2 aliphatic rings. The van der Waals surface area contributed by atoms with Crippen LogP contribution in [-0.2, 0) is 0 Å². The van der Waals surface area contributed by atoms with Gasteiger partial charge >= 0.3 is 6.61 Å². The lowest BCUT2D eigenvalue weighted by Crippen LogP contribution is -2.08. The van der Waals surface area contributed by atoms with E-state index in [2.05, 4.69) is 5.32 Å². The first kappa shape index (κ1) is 14.1. The number of rotatable bonds is 5. The van der Waals surface area contributed by atoms with Crippen molar-refractivity contribution in [3.63, 3.8) is 0 Å². The van der Waals surface area contributed by atoms with Crippen LogP contribution < -0.4 is 19.5 Å². The number of nitrogens with one attached hydrogen (secondary N) is 1. The normalized spacial score (nSPS) is 15.8. The first-order valence-corrected chi connectivity index (χ1v) is 7.45. The van der Waals surface area contributed by atoms with Gasteiger partial charge in [-0.05, 0) is 36.6 Å². The molecule has 0 spiro atoms. The Bertz CT molecular complexity index is 732. The molecule has 4 rings (SSSR count). The van der Waals surface area contributed by atoms with Crippen LogP contribution in [0.3, 0.4) is 0 Å². The number of hydrogen-bond acceptors (Lipinski definition) is 4. The third-order valence-corrected chi connectivity index (χ3v) is 3.84. The van der Waals surface area contributed by atoms with E-state index >= 15 is 0 Å². The molecule has 1 saturated carbocycles. The third-order valence-electron chi connectivity index (χ3n) is 3.84. The fraction of sp³-hybridized carbons (Fsp3) is 0.294. The molecule has 0 saturated heterocycles. The highest BCUT2D eigenvalue weighted by Crippen LogP contribution is 2.43. The van der Waals surface area contributed by atoms with Crippen LogP contribution >= 0.6 is 0 Å². The van der Waals surface area contributed by atoms with Gasteiger partial charge in [0.25, 0.3) is 0 Å². The van der Waals surface area contributed by atoms with E-state index in [1.54, 1.807) is 24.3 Å². The zero-order valence-corrected chi connectivity index (χ0v) is 12.2. The maximum absolute atomic E-state index is 12.9. The number of hydrogen-bond donors (Lipinski definition) is 1. The van der Waals surface area contributed by atoms with Gasteiger partial charge in [0.15, 0.2) is 17.2 Å². The fourth-order valence-electron chi connectivity index (χ4n) is 2.61. The molecule has 1 N–H and O–H groups in total. The molecule has 4 nitrogen and oxygen atoms in total. The van der Waals surface area contributed by atoms with Crippen molar-refractivity contribution in [2.45, 2.75) is 25.5 Å². The van der Waals surface area contributed by atoms with Crippen LogP contribution in [0.15, 0.2) is 36.4 Å². The van der Waals surface area contributed by atoms with Crippen molar-refractivity contribution < 1.29 is 23.0 Å². The number of halogens is 2. The maximum Gasteiger partial charge on any atom is 0.387 e. The number of benzene rings is 2. The second-order valence-corrected chi connectivity index (χ2v) is 5.55. The van der Waals surface area contributed by atoms with Gasteiger partial charge in [-0.25, -0.2) is 0 Å². The van der Waals surface area contributed by atoms with Crippen LogP contribution in [0.2, 0.25) is 0 Å². The van der Waals surface area contributed by atoms with E-state index in [1.807, 2.05) is 12.1 Å². The lowest BCUT2D eigenvalue weighted by atomic mass is 10.0. The van der Waals surface area contributed by atoms with Crippen LogP contribution in [0.1, 0.15) is 12.8 Å². The van der Waals surface area contributed by atoms with Crippen molar-refractivity contribution in [1.29, 1.82) is 0 Å². The lowest BCUT2D eigenvalue weighted by molar-refractivity contribution is -0.0489. The number of para-hydroxylation sites is 1. The standard InChI is InChI=1S/C17H15F2NO3/c18-17(19)23-16-12(2-1-3-13(16)20-11-5-6-11)10-4-7-14-15(8-10)22-9-21-14/h1-4,7-8,11,17,20H,5-6,9H2. The second-order valence-electron chi connectivity index (χ2n) is 5.55. The zero-order chi connectivity index (χ0) is 15.8. The summed E-state index contributed by atoms with van der Waals surface area (Å²) in [7, 11) is 0. The average Bonchev–Trinajstić information content (AvgIpc) is 3.22. The zero-order valence-electron chi connectivity index (χ0n) is 12.2. The Morgan fingerprint density at radius 3 is 2.70 bits per heavy atom. The highest BCUT2D eigenvalue weighted by molar-refractivity contribution is 5.80. The van der Waals surface area contributed by atoms with Gasteiger partial charge < -0.3 is 19.5 Å². The van der Waals surface area contributed by atoms with E-state index in [0.717, 1.165) is 18.4 Å². The predicted octanol–water partition coefficient (Wildman–Crippen LogP) is 4.26. The van der Waals surface area contributed by atoms with E-state index in [1.165, 1.54) is 0 Å². The molecule has 1 aliphatic heterocycles. The molecule has 1 heterocycles. The van der Waals surface area contributed by atoms with Crippen LogP contribution in [-0.4, -0.2) is 19.4 Å². The van der Waals surface area contributed by atoms with Gasteiger partial charge in [0.2, 0.25) is 6.79 Å². The first-order valence-electron chi connectivity index (χ1n) is 7.45. The molecule has 0 radical (unpaired) electrons. The lowest BCUT2D eigenvalue weighted by Gasteiger charge is -2.16. The summed E-state index contributed by atoms with van der Waals surface area (Å²) in [5.41, 5.74) is 1.92. The van der Waals surface area contributed by atoms with Crippen LogP contribution in [0.4, 0.5) is 14.5 Å². The minimum Gasteiger partial charge on any atom is -0.454 e. The van der Waals surface area contributed by atoms with Crippen molar-refractivity contribution in [2.24, 2.45) is 0 Å². The monoisotopic (exact) mass is 319 g/mol. The number of ether oxygens (including phenoxy) is 3. The second kappa shape index (κ2) is 5.61. The number of fused-ring (bicyclic) bond motifs is 1. The number of anilines is 1. The summed E-state index contributed by atoms with van der Waals surface area (Å²) in [4.78, 5) is 0. The maximum atomic E-state index is 12.9. The van der Waals surface area contributed by atoms with Crippen molar-refractivity contribution in [2.75, 3.05) is 12.1 Å². The summed E-state index contributed by atoms with van der Waals surface area (Å²) in [6.45, 7) is -2.72. The molecule has 0 bridgehead atoms. The smallest absolute Gasteiger partial charge is 0.387 e. The van der Waals surface area contributed by atoms with E-state index in [4.69, 9.17) is 14.2 Å². The molecule has 2 aromatic carbocycles. The Morgan fingerprint density at radius 1 is 1.09 bits per heavy atom. The molecule has 0 atom stereocenters. The fourth-order valence-corrected chi connectivity index (χ4v) is 2.61. The van der Waals surface area contributed by atoms with Crippen LogP contribution in [0.25, 0.3) is 11.1 Å². The summed E-state index contributed by atoms with van der Waals surface area (Å²) in [5, 5.41) is 3.24. The summed E-state index contributed by atoms with van der Waals surface area (Å²) in [6, 6.07) is 11.0. The van der Waals surface area contributed by atoms with Crippen molar-refractivity contribution in [1.82, 2.24) is 0 Å². The molecule has 0 amide bonds. The van der Waals surface area contributed by atoms with Gasteiger partial charge in [-0.15, -0.1) is 0 Å². The van der Waals surface area contributed by atoms with Gasteiger partial charge in [-0.2, -0.15) is 8.78 Å². The van der Waals surface area contributed by atoms with Crippen molar-refractivity contribution in [3.8, 4) is 28.4 Å². The predicted molar refractivity (Wildman–Crippen MR) is 81.3 cm³/mol. The molecule has 6 heteroatoms. The molecule has 120 valence electrons. The Morgan fingerprint density at radius 2 is 1.91 bits per heavy atom. The van der Waals surface area contributed by atoms with Gasteiger partial charge in [-0.3, -0.25) is 0 Å². The third kappa shape index (κ3) is 2.88. The van der Waals surface area contributed by atoms with Crippen LogP contribution in [0.5, 0.6) is 17.2 Å². The number of alkyl halides is 2. The average molecular weight is 319 g/mol. The Labute approximate surface area is 132 Å². The molecule has 0 aromatic heterocycles. The molecule has 23 heavy (non-hydrogen) atoms. The molecule has 1 aliphatic carbocycles. The van der Waals surface area contributed by atoms with Gasteiger partial charge in [-0.1, -0.05) is 18.2 Å². The van der Waals surface area contributed by atoms with E-state index < -0.39 is 6.61 Å². The topological polar surface area (TPSA) is 39.7 Å². The van der Waals surface area contributed by atoms with Gasteiger partial charge in [0, 0.05) is 11.6 Å². The van der Waals surface area contributed by atoms with Gasteiger partial charge in [0.1, 0.15) is 0 Å². The summed E-state index contributed by atoms with van der Waals surface area (Å²) < 4.78 is 41.2. The summed E-state index contributed by atoms with van der Waals surface area (Å²) >= 11 is 0. The highest BCUT2D eigenvalue weighted by atomic mass is 19.3. The highest BCUT2D eigenvalue weighted by Gasteiger charge is 2.25. The van der Waals surface area contributed by atoms with Crippen molar-refractivity contribution in [3.05, 3.63) is 36.4 Å². The van der Waals surface area contributed by atoms with E-state index in [-0.39, 0.29) is 12.5 Å². The quantitative estimate of drug-likeness (QED) is 0.894. The molecule has 2 aromatic rings. The molecule has 1 fully saturated rings. The first-order chi connectivity index (χ1) is 11.2. The van der Waals surface area contributed by atoms with E-state index in [0.29, 0.717) is 28.8 Å². The van der Waals surface area contributed by atoms with Crippen LogP contribution in [0, 0.1) is 0 Å². The van der Waals surface area contributed by atoms with Gasteiger partial charge in [0.05, 0.1) is 5.69 Å². The molecule has 0 unspecified atom stereocenters. The van der Waals surface area contributed by atoms with Crippen molar-refractivity contribution >= 4 is 5.69 Å². The Balaban J connectivity index is 1.76. The Kier molecular flexibility index (Phi) is 3.44. The molecular weight excluding hydrogens is 304 g/mol. The summed E-state index contributed by atoms with van der Waals surface area (Å²) in [6.07, 6.45) is 2.09. The molecular formula is C17H15F2NO3. The minimum absolute atomic E-state index is 0.160. The Hall–Kier alpha value is -2.50.